The topological polar surface area (TPSA) is 74.0 Å². The number of carbonyl (C=O) groups is 2. The molecule has 134 valence electrons. The molecule has 3 aromatic rings. The SMILES string of the molecule is CC(C)c1ccc(NC(=O)CNC(=O)Cc2c[nH]c3ccccc23)cc1. The Morgan fingerprint density at radius 2 is 1.73 bits per heavy atom. The second kappa shape index (κ2) is 7.87. The summed E-state index contributed by atoms with van der Waals surface area (Å²) >= 11 is 0. The molecule has 2 aromatic carbocycles. The predicted molar refractivity (Wildman–Crippen MR) is 104 cm³/mol. The molecule has 0 saturated carbocycles. The molecule has 5 nitrogen and oxygen atoms in total. The standard InChI is InChI=1S/C21H23N3O2/c1-14(2)15-7-9-17(10-8-15)24-21(26)13-23-20(25)11-16-12-22-19-6-4-3-5-18(16)19/h3-10,12,14,22H,11,13H2,1-2H3,(H,23,25)(H,24,26). The molecule has 0 fully saturated rings. The normalized spacial score (nSPS) is 10.9. The second-order valence-corrected chi connectivity index (χ2v) is 6.64. The van der Waals surface area contributed by atoms with Crippen LogP contribution in [0.4, 0.5) is 5.69 Å². The predicted octanol–water partition coefficient (Wildman–Crippen LogP) is 3.59. The Morgan fingerprint density at radius 1 is 1.00 bits per heavy atom. The van der Waals surface area contributed by atoms with Crippen molar-refractivity contribution in [3.63, 3.8) is 0 Å². The van der Waals surface area contributed by atoms with Gasteiger partial charge in [0, 0.05) is 22.8 Å². The fraction of sp³-hybridized carbons (Fsp3) is 0.238. The van der Waals surface area contributed by atoms with Gasteiger partial charge in [0.15, 0.2) is 0 Å². The van der Waals surface area contributed by atoms with E-state index in [4.69, 9.17) is 0 Å². The van der Waals surface area contributed by atoms with Crippen molar-refractivity contribution in [1.82, 2.24) is 10.3 Å². The lowest BCUT2D eigenvalue weighted by atomic mass is 10.0. The molecule has 0 unspecified atom stereocenters. The maximum atomic E-state index is 12.1. The van der Waals surface area contributed by atoms with Gasteiger partial charge in [0.25, 0.3) is 0 Å². The number of anilines is 1. The van der Waals surface area contributed by atoms with Gasteiger partial charge in [0.2, 0.25) is 11.8 Å². The number of hydrogen-bond acceptors (Lipinski definition) is 2. The Labute approximate surface area is 152 Å². The van der Waals surface area contributed by atoms with Crippen LogP contribution in [-0.4, -0.2) is 23.3 Å². The van der Waals surface area contributed by atoms with Crippen LogP contribution in [0.15, 0.2) is 54.7 Å². The van der Waals surface area contributed by atoms with Crippen molar-refractivity contribution in [3.8, 4) is 0 Å². The zero-order valence-corrected chi connectivity index (χ0v) is 15.0. The molecular weight excluding hydrogens is 326 g/mol. The number of fused-ring (bicyclic) bond motifs is 1. The average Bonchev–Trinajstić information content (AvgIpc) is 3.03. The Kier molecular flexibility index (Phi) is 5.37. The van der Waals surface area contributed by atoms with Gasteiger partial charge in [-0.25, -0.2) is 0 Å². The minimum Gasteiger partial charge on any atom is -0.361 e. The molecule has 0 spiro atoms. The Bertz CT molecular complexity index is 910. The van der Waals surface area contributed by atoms with Gasteiger partial charge in [-0.2, -0.15) is 0 Å². The molecule has 1 heterocycles. The highest BCUT2D eigenvalue weighted by Gasteiger charge is 2.10. The molecule has 0 aliphatic rings. The van der Waals surface area contributed by atoms with Gasteiger partial charge < -0.3 is 15.6 Å². The number of H-pyrrole nitrogens is 1. The van der Waals surface area contributed by atoms with Crippen LogP contribution in [0, 0.1) is 0 Å². The third-order valence-corrected chi connectivity index (χ3v) is 4.33. The molecule has 0 saturated heterocycles. The van der Waals surface area contributed by atoms with E-state index in [2.05, 4.69) is 29.5 Å². The van der Waals surface area contributed by atoms with Crippen LogP contribution in [0.5, 0.6) is 0 Å². The Balaban J connectivity index is 1.50. The van der Waals surface area contributed by atoms with Crippen LogP contribution in [0.2, 0.25) is 0 Å². The summed E-state index contributed by atoms with van der Waals surface area (Å²) in [6, 6.07) is 15.6. The fourth-order valence-electron chi connectivity index (χ4n) is 2.85. The zero-order valence-electron chi connectivity index (χ0n) is 15.0. The first kappa shape index (κ1) is 17.7. The fourth-order valence-corrected chi connectivity index (χ4v) is 2.85. The van der Waals surface area contributed by atoms with Crippen LogP contribution in [-0.2, 0) is 16.0 Å². The molecule has 0 atom stereocenters. The van der Waals surface area contributed by atoms with E-state index in [1.165, 1.54) is 5.56 Å². The van der Waals surface area contributed by atoms with Gasteiger partial charge in [-0.15, -0.1) is 0 Å². The number of amides is 2. The summed E-state index contributed by atoms with van der Waals surface area (Å²) in [5.74, 6) is 0.0261. The van der Waals surface area contributed by atoms with Crippen LogP contribution in [0.25, 0.3) is 10.9 Å². The van der Waals surface area contributed by atoms with Gasteiger partial charge in [-0.1, -0.05) is 44.2 Å². The lowest BCUT2D eigenvalue weighted by Gasteiger charge is -2.09. The molecule has 3 rings (SSSR count). The molecule has 2 amide bonds. The van der Waals surface area contributed by atoms with Crippen molar-refractivity contribution in [2.75, 3.05) is 11.9 Å². The van der Waals surface area contributed by atoms with E-state index >= 15 is 0 Å². The highest BCUT2D eigenvalue weighted by atomic mass is 16.2. The number of para-hydroxylation sites is 1. The summed E-state index contributed by atoms with van der Waals surface area (Å²) in [6.45, 7) is 4.20. The van der Waals surface area contributed by atoms with E-state index in [-0.39, 0.29) is 24.8 Å². The first-order valence-corrected chi connectivity index (χ1v) is 8.74. The van der Waals surface area contributed by atoms with E-state index in [0.29, 0.717) is 5.92 Å². The molecule has 0 aliphatic carbocycles. The van der Waals surface area contributed by atoms with Gasteiger partial charge in [-0.3, -0.25) is 9.59 Å². The summed E-state index contributed by atoms with van der Waals surface area (Å²) < 4.78 is 0. The number of aromatic amines is 1. The number of carbonyl (C=O) groups excluding carboxylic acids is 2. The van der Waals surface area contributed by atoms with E-state index in [1.807, 2.05) is 54.7 Å². The van der Waals surface area contributed by atoms with Gasteiger partial charge in [-0.05, 0) is 35.2 Å². The summed E-state index contributed by atoms with van der Waals surface area (Å²) in [5.41, 5.74) is 3.86. The van der Waals surface area contributed by atoms with Crippen LogP contribution in [0.1, 0.15) is 30.9 Å². The molecule has 0 aliphatic heterocycles. The molecule has 5 heteroatoms. The van der Waals surface area contributed by atoms with Crippen LogP contribution >= 0.6 is 0 Å². The second-order valence-electron chi connectivity index (χ2n) is 6.64. The quantitative estimate of drug-likeness (QED) is 0.636. The molecule has 26 heavy (non-hydrogen) atoms. The van der Waals surface area contributed by atoms with Crippen molar-refractivity contribution in [2.24, 2.45) is 0 Å². The smallest absolute Gasteiger partial charge is 0.243 e. The third kappa shape index (κ3) is 4.30. The highest BCUT2D eigenvalue weighted by Crippen LogP contribution is 2.18. The van der Waals surface area contributed by atoms with Crippen molar-refractivity contribution >= 4 is 28.4 Å². The Hall–Kier alpha value is -3.08. The largest absolute Gasteiger partial charge is 0.361 e. The van der Waals surface area contributed by atoms with E-state index < -0.39 is 0 Å². The minimum absolute atomic E-state index is 0.0485. The van der Waals surface area contributed by atoms with Gasteiger partial charge in [0.05, 0.1) is 13.0 Å². The van der Waals surface area contributed by atoms with Crippen molar-refractivity contribution in [1.29, 1.82) is 0 Å². The van der Waals surface area contributed by atoms with E-state index in [0.717, 1.165) is 22.2 Å². The van der Waals surface area contributed by atoms with Crippen molar-refractivity contribution in [3.05, 3.63) is 65.9 Å². The number of benzene rings is 2. The van der Waals surface area contributed by atoms with Crippen LogP contribution in [0.3, 0.4) is 0 Å². The first-order chi connectivity index (χ1) is 12.5. The van der Waals surface area contributed by atoms with E-state index in [1.54, 1.807) is 0 Å². The first-order valence-electron chi connectivity index (χ1n) is 8.74. The van der Waals surface area contributed by atoms with Gasteiger partial charge >= 0.3 is 0 Å². The zero-order chi connectivity index (χ0) is 18.5. The Morgan fingerprint density at radius 3 is 2.46 bits per heavy atom. The van der Waals surface area contributed by atoms with Crippen molar-refractivity contribution < 1.29 is 9.59 Å². The lowest BCUT2D eigenvalue weighted by molar-refractivity contribution is -0.123. The molecule has 1 aromatic heterocycles. The maximum Gasteiger partial charge on any atom is 0.243 e. The average molecular weight is 349 g/mol. The maximum absolute atomic E-state index is 12.1. The van der Waals surface area contributed by atoms with E-state index in [9.17, 15) is 9.59 Å². The monoisotopic (exact) mass is 349 g/mol. The van der Waals surface area contributed by atoms with Crippen LogP contribution < -0.4 is 10.6 Å². The third-order valence-electron chi connectivity index (χ3n) is 4.33. The molecule has 0 bridgehead atoms. The highest BCUT2D eigenvalue weighted by molar-refractivity contribution is 5.95. The summed E-state index contributed by atoms with van der Waals surface area (Å²) in [7, 11) is 0. The number of rotatable bonds is 6. The number of nitrogens with one attached hydrogen (secondary N) is 3. The number of hydrogen-bond donors (Lipinski definition) is 3. The van der Waals surface area contributed by atoms with Gasteiger partial charge in [0.1, 0.15) is 0 Å². The number of aromatic nitrogens is 1. The molecule has 0 radical (unpaired) electrons. The minimum atomic E-state index is -0.241. The molecule has 3 N–H and O–H groups in total. The molecular formula is C21H23N3O2. The summed E-state index contributed by atoms with van der Waals surface area (Å²) in [6.07, 6.45) is 2.07. The summed E-state index contributed by atoms with van der Waals surface area (Å²) in [4.78, 5) is 27.3. The summed E-state index contributed by atoms with van der Waals surface area (Å²) in [5, 5.41) is 6.49. The lowest BCUT2D eigenvalue weighted by Crippen LogP contribution is -2.33. The van der Waals surface area contributed by atoms with Crippen molar-refractivity contribution in [2.45, 2.75) is 26.2 Å².